The van der Waals surface area contributed by atoms with E-state index in [1.54, 1.807) is 30.6 Å². The number of aromatic nitrogens is 3. The molecule has 4 N–H and O–H groups in total. The molecule has 20 heavy (non-hydrogen) atoms. The van der Waals surface area contributed by atoms with Gasteiger partial charge in [-0.2, -0.15) is 0 Å². The summed E-state index contributed by atoms with van der Waals surface area (Å²) in [6, 6.07) is 7.81. The summed E-state index contributed by atoms with van der Waals surface area (Å²) in [6.45, 7) is 0. The first-order chi connectivity index (χ1) is 9.65. The Morgan fingerprint density at radius 3 is 2.70 bits per heavy atom. The Kier molecular flexibility index (Phi) is 2.92. The summed E-state index contributed by atoms with van der Waals surface area (Å²) >= 11 is 0. The van der Waals surface area contributed by atoms with Crippen molar-refractivity contribution in [3.63, 3.8) is 0 Å². The highest BCUT2D eigenvalue weighted by atomic mass is 16.4. The number of H-pyrrole nitrogens is 1. The Hall–Kier alpha value is -2.73. The maximum absolute atomic E-state index is 10.9. The van der Waals surface area contributed by atoms with Crippen LogP contribution in [0.25, 0.3) is 22.4 Å². The minimum Gasteiger partial charge on any atom is -0.480 e. The molecular weight excluding hydrogens is 256 g/mol. The van der Waals surface area contributed by atoms with Gasteiger partial charge in [-0.05, 0) is 29.8 Å². The highest BCUT2D eigenvalue weighted by Crippen LogP contribution is 2.22. The molecule has 0 amide bonds. The van der Waals surface area contributed by atoms with Gasteiger partial charge in [0.25, 0.3) is 0 Å². The molecule has 0 bridgehead atoms. The van der Waals surface area contributed by atoms with Gasteiger partial charge in [0, 0.05) is 18.0 Å². The molecule has 6 heteroatoms. The summed E-state index contributed by atoms with van der Waals surface area (Å²) in [7, 11) is 0. The number of carboxylic acids is 1. The van der Waals surface area contributed by atoms with Gasteiger partial charge in [-0.15, -0.1) is 0 Å². The fourth-order valence-corrected chi connectivity index (χ4v) is 2.01. The van der Waals surface area contributed by atoms with Crippen molar-refractivity contribution in [2.24, 2.45) is 5.73 Å². The van der Waals surface area contributed by atoms with E-state index in [-0.39, 0.29) is 0 Å². The number of rotatable bonds is 3. The van der Waals surface area contributed by atoms with Crippen molar-refractivity contribution >= 4 is 17.0 Å². The molecule has 0 aliphatic carbocycles. The van der Waals surface area contributed by atoms with Gasteiger partial charge in [-0.1, -0.05) is 6.07 Å². The summed E-state index contributed by atoms with van der Waals surface area (Å²) < 4.78 is 0. The number of nitrogens with zero attached hydrogens (tertiary/aromatic N) is 2. The van der Waals surface area contributed by atoms with E-state index in [0.29, 0.717) is 11.4 Å². The second kappa shape index (κ2) is 4.75. The molecular formula is C14H12N4O2. The number of fused-ring (bicyclic) bond motifs is 1. The summed E-state index contributed by atoms with van der Waals surface area (Å²) in [5.41, 5.74) is 8.58. The molecule has 1 aromatic carbocycles. The molecule has 2 heterocycles. The lowest BCUT2D eigenvalue weighted by Gasteiger charge is -2.05. The van der Waals surface area contributed by atoms with Crippen LogP contribution in [0, 0.1) is 0 Å². The molecule has 0 radical (unpaired) electrons. The molecule has 0 saturated carbocycles. The van der Waals surface area contributed by atoms with E-state index in [2.05, 4.69) is 15.0 Å². The highest BCUT2D eigenvalue weighted by molar-refractivity contribution is 5.82. The highest BCUT2D eigenvalue weighted by Gasteiger charge is 2.15. The first-order valence-electron chi connectivity index (χ1n) is 6.03. The van der Waals surface area contributed by atoms with Crippen molar-refractivity contribution in [1.29, 1.82) is 0 Å². The van der Waals surface area contributed by atoms with Crippen LogP contribution in [0.2, 0.25) is 0 Å². The van der Waals surface area contributed by atoms with E-state index in [9.17, 15) is 4.79 Å². The van der Waals surface area contributed by atoms with E-state index >= 15 is 0 Å². The second-order valence-electron chi connectivity index (χ2n) is 4.41. The Morgan fingerprint density at radius 2 is 2.00 bits per heavy atom. The third kappa shape index (κ3) is 2.12. The van der Waals surface area contributed by atoms with E-state index in [0.717, 1.165) is 16.6 Å². The molecule has 100 valence electrons. The maximum atomic E-state index is 10.9. The first kappa shape index (κ1) is 12.3. The van der Waals surface area contributed by atoms with Crippen LogP contribution in [-0.4, -0.2) is 26.0 Å². The van der Waals surface area contributed by atoms with Gasteiger partial charge in [0.15, 0.2) is 0 Å². The SMILES string of the molecule is NC(C(=O)O)c1ccc2nc(-c3ccncc3)[nH]c2c1. The number of pyridine rings is 1. The van der Waals surface area contributed by atoms with Crippen molar-refractivity contribution in [3.05, 3.63) is 48.3 Å². The minimum atomic E-state index is -1.06. The standard InChI is InChI=1S/C14H12N4O2/c15-12(14(19)20)9-1-2-10-11(7-9)18-13(17-10)8-3-5-16-6-4-8/h1-7,12H,15H2,(H,17,18)(H,19,20). The Morgan fingerprint density at radius 1 is 1.25 bits per heavy atom. The van der Waals surface area contributed by atoms with E-state index < -0.39 is 12.0 Å². The molecule has 1 unspecified atom stereocenters. The molecule has 0 aliphatic heterocycles. The maximum Gasteiger partial charge on any atom is 0.325 e. The molecule has 3 aromatic rings. The number of nitrogens with one attached hydrogen (secondary N) is 1. The predicted octanol–water partition coefficient (Wildman–Crippen LogP) is 1.71. The molecule has 1 atom stereocenters. The number of hydrogen-bond acceptors (Lipinski definition) is 4. The Balaban J connectivity index is 2.06. The molecule has 0 saturated heterocycles. The fourth-order valence-electron chi connectivity index (χ4n) is 2.01. The number of carbonyl (C=O) groups is 1. The Labute approximate surface area is 114 Å². The lowest BCUT2D eigenvalue weighted by atomic mass is 10.1. The smallest absolute Gasteiger partial charge is 0.325 e. The third-order valence-corrected chi connectivity index (χ3v) is 3.08. The number of aliphatic carboxylic acids is 1. The Bertz CT molecular complexity index is 767. The normalized spacial score (nSPS) is 12.4. The van der Waals surface area contributed by atoms with Crippen molar-refractivity contribution in [2.75, 3.05) is 0 Å². The largest absolute Gasteiger partial charge is 0.480 e. The zero-order chi connectivity index (χ0) is 14.1. The van der Waals surface area contributed by atoms with Gasteiger partial charge in [0.05, 0.1) is 11.0 Å². The van der Waals surface area contributed by atoms with E-state index in [4.69, 9.17) is 10.8 Å². The van der Waals surface area contributed by atoms with Gasteiger partial charge in [-0.25, -0.2) is 4.98 Å². The van der Waals surface area contributed by atoms with Gasteiger partial charge >= 0.3 is 5.97 Å². The monoisotopic (exact) mass is 268 g/mol. The van der Waals surface area contributed by atoms with Crippen LogP contribution in [0.1, 0.15) is 11.6 Å². The molecule has 0 fully saturated rings. The van der Waals surface area contributed by atoms with Crippen molar-refractivity contribution in [2.45, 2.75) is 6.04 Å². The van der Waals surface area contributed by atoms with Crippen LogP contribution in [0.15, 0.2) is 42.7 Å². The van der Waals surface area contributed by atoms with Crippen LogP contribution < -0.4 is 5.73 Å². The van der Waals surface area contributed by atoms with E-state index in [1.165, 1.54) is 0 Å². The van der Waals surface area contributed by atoms with Crippen molar-refractivity contribution < 1.29 is 9.90 Å². The summed E-state index contributed by atoms with van der Waals surface area (Å²) in [5, 5.41) is 8.93. The zero-order valence-corrected chi connectivity index (χ0v) is 10.4. The fraction of sp³-hybridized carbons (Fsp3) is 0.0714. The average Bonchev–Trinajstić information content (AvgIpc) is 2.90. The number of aromatic amines is 1. The van der Waals surface area contributed by atoms with Gasteiger partial charge < -0.3 is 15.8 Å². The lowest BCUT2D eigenvalue weighted by Crippen LogP contribution is -2.20. The van der Waals surface area contributed by atoms with Crippen molar-refractivity contribution in [1.82, 2.24) is 15.0 Å². The van der Waals surface area contributed by atoms with Gasteiger partial charge in [-0.3, -0.25) is 9.78 Å². The average molecular weight is 268 g/mol. The quantitative estimate of drug-likeness (QED) is 0.670. The zero-order valence-electron chi connectivity index (χ0n) is 10.4. The third-order valence-electron chi connectivity index (χ3n) is 3.08. The number of hydrogen-bond donors (Lipinski definition) is 3. The molecule has 2 aromatic heterocycles. The van der Waals surface area contributed by atoms with Crippen LogP contribution >= 0.6 is 0 Å². The number of nitrogens with two attached hydrogens (primary N) is 1. The van der Waals surface area contributed by atoms with Crippen LogP contribution in [0.5, 0.6) is 0 Å². The lowest BCUT2D eigenvalue weighted by molar-refractivity contribution is -0.138. The molecule has 6 nitrogen and oxygen atoms in total. The molecule has 0 spiro atoms. The second-order valence-corrected chi connectivity index (χ2v) is 4.41. The van der Waals surface area contributed by atoms with E-state index in [1.807, 2.05) is 12.1 Å². The summed E-state index contributed by atoms with van der Waals surface area (Å²) in [5.74, 6) is -0.346. The molecule has 0 aliphatic rings. The van der Waals surface area contributed by atoms with Gasteiger partial charge in [0.2, 0.25) is 0 Å². The minimum absolute atomic E-state index is 0.537. The summed E-state index contributed by atoms with van der Waals surface area (Å²) in [4.78, 5) is 22.5. The number of carboxylic acid groups (broad SMARTS) is 1. The topological polar surface area (TPSA) is 105 Å². The first-order valence-corrected chi connectivity index (χ1v) is 6.03. The van der Waals surface area contributed by atoms with Crippen LogP contribution in [-0.2, 0) is 4.79 Å². The number of benzene rings is 1. The summed E-state index contributed by atoms with van der Waals surface area (Å²) in [6.07, 6.45) is 3.38. The van der Waals surface area contributed by atoms with Gasteiger partial charge in [0.1, 0.15) is 11.9 Å². The van der Waals surface area contributed by atoms with Crippen LogP contribution in [0.4, 0.5) is 0 Å². The van der Waals surface area contributed by atoms with Crippen molar-refractivity contribution in [3.8, 4) is 11.4 Å². The predicted molar refractivity (Wildman–Crippen MR) is 73.9 cm³/mol. The number of imidazole rings is 1. The van der Waals surface area contributed by atoms with Crippen LogP contribution in [0.3, 0.4) is 0 Å². The molecule has 3 rings (SSSR count).